The minimum atomic E-state index is -2.76. The Kier molecular flexibility index (Phi) is 4.75. The largest absolute Gasteiger partial charge is 0.435 e. The predicted molar refractivity (Wildman–Crippen MR) is 71.6 cm³/mol. The average Bonchev–Trinajstić information content (AvgIpc) is 2.35. The van der Waals surface area contributed by atoms with Gasteiger partial charge in [0.25, 0.3) is 0 Å². The monoisotopic (exact) mass is 269 g/mol. The number of alkyl halides is 2. The van der Waals surface area contributed by atoms with Crippen LogP contribution in [0, 0.1) is 5.92 Å². The Labute approximate surface area is 113 Å². The van der Waals surface area contributed by atoms with Crippen molar-refractivity contribution in [3.8, 4) is 5.75 Å². The third-order valence-electron chi connectivity index (χ3n) is 3.75. The highest BCUT2D eigenvalue weighted by atomic mass is 19.3. The van der Waals surface area contributed by atoms with E-state index in [1.807, 2.05) is 6.07 Å². The van der Waals surface area contributed by atoms with E-state index in [4.69, 9.17) is 0 Å². The molecule has 19 heavy (non-hydrogen) atoms. The van der Waals surface area contributed by atoms with E-state index < -0.39 is 6.61 Å². The van der Waals surface area contributed by atoms with Crippen LogP contribution < -0.4 is 10.1 Å². The van der Waals surface area contributed by atoms with Crippen LogP contribution in [0.3, 0.4) is 0 Å². The molecule has 0 saturated carbocycles. The summed E-state index contributed by atoms with van der Waals surface area (Å²) < 4.78 is 29.1. The molecule has 1 aromatic carbocycles. The Bertz CT molecular complexity index is 423. The maximum Gasteiger partial charge on any atom is 0.387 e. The normalized spacial score (nSPS) is 23.6. The van der Waals surface area contributed by atoms with Gasteiger partial charge < -0.3 is 10.1 Å². The average molecular weight is 269 g/mol. The lowest BCUT2D eigenvalue weighted by atomic mass is 9.90. The maximum atomic E-state index is 12.3. The van der Waals surface area contributed by atoms with Gasteiger partial charge in [-0.25, -0.2) is 0 Å². The summed E-state index contributed by atoms with van der Waals surface area (Å²) in [7, 11) is 0. The summed E-state index contributed by atoms with van der Waals surface area (Å²) in [6, 6.07) is 5.55. The molecular weight excluding hydrogens is 248 g/mol. The zero-order chi connectivity index (χ0) is 13.8. The van der Waals surface area contributed by atoms with Crippen LogP contribution in [-0.4, -0.2) is 13.2 Å². The van der Waals surface area contributed by atoms with E-state index in [0.717, 1.165) is 31.4 Å². The molecule has 0 saturated heterocycles. The molecule has 1 aliphatic heterocycles. The predicted octanol–water partition coefficient (Wildman–Crippen LogP) is 3.91. The van der Waals surface area contributed by atoms with Gasteiger partial charge in [-0.05, 0) is 55.0 Å². The molecule has 0 aliphatic carbocycles. The second-order valence-electron chi connectivity index (χ2n) is 5.25. The summed E-state index contributed by atoms with van der Waals surface area (Å²) in [4.78, 5) is 0. The molecule has 1 aliphatic rings. The zero-order valence-electron chi connectivity index (χ0n) is 11.5. The SMILES string of the molecule is CCC1NCC(C)CCc2ccc(OC(F)F)cc21. The van der Waals surface area contributed by atoms with Gasteiger partial charge in [0.05, 0.1) is 0 Å². The topological polar surface area (TPSA) is 21.3 Å². The molecule has 2 unspecified atom stereocenters. The molecule has 1 aromatic rings. The first-order valence-electron chi connectivity index (χ1n) is 6.91. The molecule has 0 radical (unpaired) electrons. The van der Waals surface area contributed by atoms with Crippen LogP contribution in [0.2, 0.25) is 0 Å². The minimum Gasteiger partial charge on any atom is -0.435 e. The fraction of sp³-hybridized carbons (Fsp3) is 0.600. The number of halogens is 2. The first-order chi connectivity index (χ1) is 9.10. The Morgan fingerprint density at radius 2 is 2.21 bits per heavy atom. The van der Waals surface area contributed by atoms with Crippen molar-refractivity contribution in [2.24, 2.45) is 5.92 Å². The van der Waals surface area contributed by atoms with Crippen LogP contribution in [-0.2, 0) is 6.42 Å². The first kappa shape index (κ1) is 14.3. The molecule has 2 rings (SSSR count). The van der Waals surface area contributed by atoms with Gasteiger partial charge in [-0.15, -0.1) is 0 Å². The van der Waals surface area contributed by atoms with E-state index in [9.17, 15) is 8.78 Å². The van der Waals surface area contributed by atoms with Gasteiger partial charge in [0, 0.05) is 6.04 Å². The minimum absolute atomic E-state index is 0.221. The van der Waals surface area contributed by atoms with Crippen molar-refractivity contribution in [2.75, 3.05) is 6.54 Å². The van der Waals surface area contributed by atoms with Crippen molar-refractivity contribution >= 4 is 0 Å². The Morgan fingerprint density at radius 1 is 1.42 bits per heavy atom. The third-order valence-corrected chi connectivity index (χ3v) is 3.75. The Balaban J connectivity index is 2.29. The number of nitrogens with one attached hydrogen (secondary N) is 1. The van der Waals surface area contributed by atoms with Crippen molar-refractivity contribution in [3.05, 3.63) is 29.3 Å². The van der Waals surface area contributed by atoms with Crippen LogP contribution in [0.15, 0.2) is 18.2 Å². The fourth-order valence-corrected chi connectivity index (χ4v) is 2.62. The molecule has 2 atom stereocenters. The third kappa shape index (κ3) is 3.66. The van der Waals surface area contributed by atoms with Gasteiger partial charge in [-0.2, -0.15) is 8.78 Å². The van der Waals surface area contributed by atoms with E-state index >= 15 is 0 Å². The summed E-state index contributed by atoms with van der Waals surface area (Å²) in [5, 5.41) is 3.51. The summed E-state index contributed by atoms with van der Waals surface area (Å²) in [5.41, 5.74) is 2.35. The summed E-state index contributed by atoms with van der Waals surface area (Å²) >= 11 is 0. The van der Waals surface area contributed by atoms with Crippen molar-refractivity contribution in [3.63, 3.8) is 0 Å². The van der Waals surface area contributed by atoms with E-state index in [-0.39, 0.29) is 11.8 Å². The van der Waals surface area contributed by atoms with Gasteiger partial charge in [-0.1, -0.05) is 19.9 Å². The molecule has 0 aromatic heterocycles. The molecule has 4 heteroatoms. The number of ether oxygens (including phenoxy) is 1. The van der Waals surface area contributed by atoms with Crippen molar-refractivity contribution in [1.82, 2.24) is 5.32 Å². The fourth-order valence-electron chi connectivity index (χ4n) is 2.62. The highest BCUT2D eigenvalue weighted by Crippen LogP contribution is 2.30. The van der Waals surface area contributed by atoms with Crippen LogP contribution in [0.5, 0.6) is 5.75 Å². The van der Waals surface area contributed by atoms with Crippen molar-refractivity contribution in [2.45, 2.75) is 45.8 Å². The second kappa shape index (κ2) is 6.33. The lowest BCUT2D eigenvalue weighted by Crippen LogP contribution is -2.29. The summed E-state index contributed by atoms with van der Waals surface area (Å²) in [6.45, 7) is 2.55. The van der Waals surface area contributed by atoms with Crippen molar-refractivity contribution in [1.29, 1.82) is 0 Å². The van der Waals surface area contributed by atoms with Crippen LogP contribution in [0.4, 0.5) is 8.78 Å². The molecule has 106 valence electrons. The van der Waals surface area contributed by atoms with E-state index in [1.165, 1.54) is 5.56 Å². The second-order valence-corrected chi connectivity index (χ2v) is 5.25. The standard InChI is InChI=1S/C15H21F2NO/c1-3-14-13-8-12(19-15(16)17)7-6-11(13)5-4-10(2)9-18-14/h6-8,10,14-15,18H,3-5,9H2,1-2H3. The summed E-state index contributed by atoms with van der Waals surface area (Å²) in [5.74, 6) is 0.891. The lowest BCUT2D eigenvalue weighted by Gasteiger charge is -2.27. The number of aryl methyl sites for hydroxylation is 1. The van der Waals surface area contributed by atoms with Gasteiger partial charge in [0.15, 0.2) is 0 Å². The lowest BCUT2D eigenvalue weighted by molar-refractivity contribution is -0.0499. The Hall–Kier alpha value is -1.16. The number of benzene rings is 1. The quantitative estimate of drug-likeness (QED) is 0.898. The maximum absolute atomic E-state index is 12.3. The molecule has 1 N–H and O–H groups in total. The number of rotatable bonds is 3. The molecule has 0 bridgehead atoms. The molecule has 0 spiro atoms. The molecule has 2 nitrogen and oxygen atoms in total. The van der Waals surface area contributed by atoms with Crippen LogP contribution in [0.1, 0.15) is 43.9 Å². The number of hydrogen-bond acceptors (Lipinski definition) is 2. The van der Waals surface area contributed by atoms with Gasteiger partial charge in [-0.3, -0.25) is 0 Å². The number of hydrogen-bond donors (Lipinski definition) is 1. The van der Waals surface area contributed by atoms with Crippen LogP contribution >= 0.6 is 0 Å². The van der Waals surface area contributed by atoms with E-state index in [2.05, 4.69) is 23.9 Å². The highest BCUT2D eigenvalue weighted by Gasteiger charge is 2.19. The molecule has 1 heterocycles. The molecule has 0 fully saturated rings. The zero-order valence-corrected chi connectivity index (χ0v) is 11.5. The van der Waals surface area contributed by atoms with Gasteiger partial charge in [0.2, 0.25) is 0 Å². The van der Waals surface area contributed by atoms with Gasteiger partial charge in [0.1, 0.15) is 5.75 Å². The molecular formula is C15H21F2NO. The smallest absolute Gasteiger partial charge is 0.387 e. The highest BCUT2D eigenvalue weighted by molar-refractivity contribution is 5.38. The van der Waals surface area contributed by atoms with E-state index in [0.29, 0.717) is 5.92 Å². The number of fused-ring (bicyclic) bond motifs is 1. The molecule has 0 amide bonds. The first-order valence-corrected chi connectivity index (χ1v) is 6.91. The Morgan fingerprint density at radius 3 is 2.89 bits per heavy atom. The summed E-state index contributed by atoms with van der Waals surface area (Å²) in [6.07, 6.45) is 3.06. The van der Waals surface area contributed by atoms with Crippen LogP contribution in [0.25, 0.3) is 0 Å². The van der Waals surface area contributed by atoms with Crippen molar-refractivity contribution < 1.29 is 13.5 Å². The van der Waals surface area contributed by atoms with E-state index in [1.54, 1.807) is 12.1 Å². The van der Waals surface area contributed by atoms with Gasteiger partial charge >= 0.3 is 6.61 Å².